The number of aryl methyl sites for hydroxylation is 1. The van der Waals surface area contributed by atoms with Crippen LogP contribution in [0.5, 0.6) is 0 Å². The first-order valence-electron chi connectivity index (χ1n) is 6.16. The molecule has 0 unspecified atom stereocenters. The van der Waals surface area contributed by atoms with Crippen molar-refractivity contribution in [2.24, 2.45) is 0 Å². The number of anilines is 1. The maximum absolute atomic E-state index is 13.2. The molecule has 0 saturated carbocycles. The number of hydrogen-bond acceptors (Lipinski definition) is 2. The van der Waals surface area contributed by atoms with Crippen molar-refractivity contribution >= 4 is 27.3 Å². The Hall–Kier alpha value is -1.80. The monoisotopic (exact) mass is 367 g/mol. The highest BCUT2D eigenvalue weighted by molar-refractivity contribution is 7.92. The molecule has 0 spiro atoms. The van der Waals surface area contributed by atoms with E-state index < -0.39 is 32.5 Å². The van der Waals surface area contributed by atoms with E-state index in [1.54, 1.807) is 13.0 Å². The minimum Gasteiger partial charge on any atom is -0.279 e. The maximum atomic E-state index is 13.2. The van der Waals surface area contributed by atoms with E-state index in [-0.39, 0.29) is 16.8 Å². The summed E-state index contributed by atoms with van der Waals surface area (Å²) in [6, 6.07) is 5.87. The Morgan fingerprint density at radius 1 is 1.09 bits per heavy atom. The van der Waals surface area contributed by atoms with Crippen LogP contribution in [0.2, 0.25) is 5.02 Å². The fourth-order valence-corrected chi connectivity index (χ4v) is 3.12. The van der Waals surface area contributed by atoms with Gasteiger partial charge in [-0.15, -0.1) is 0 Å². The lowest BCUT2D eigenvalue weighted by Crippen LogP contribution is -2.16. The van der Waals surface area contributed by atoms with Gasteiger partial charge in [-0.3, -0.25) is 4.72 Å². The van der Waals surface area contributed by atoms with E-state index in [0.717, 1.165) is 6.07 Å². The third-order valence-electron chi connectivity index (χ3n) is 3.00. The second-order valence-electron chi connectivity index (χ2n) is 4.70. The normalized spacial score (nSPS) is 12.3. The van der Waals surface area contributed by atoms with Gasteiger partial charge < -0.3 is 0 Å². The number of alkyl halides is 3. The minimum absolute atomic E-state index is 0.121. The summed E-state index contributed by atoms with van der Waals surface area (Å²) in [4.78, 5) is -0.703. The van der Waals surface area contributed by atoms with Crippen LogP contribution in [0, 0.1) is 12.7 Å². The van der Waals surface area contributed by atoms with Crippen molar-refractivity contribution in [3.63, 3.8) is 0 Å². The highest BCUT2D eigenvalue weighted by Gasteiger charge is 2.35. The first kappa shape index (κ1) is 17.6. The summed E-state index contributed by atoms with van der Waals surface area (Å²) in [5.74, 6) is -1.55. The van der Waals surface area contributed by atoms with Gasteiger partial charge in [-0.25, -0.2) is 12.8 Å². The van der Waals surface area contributed by atoms with Crippen LogP contribution in [-0.4, -0.2) is 8.42 Å². The van der Waals surface area contributed by atoms with Gasteiger partial charge >= 0.3 is 6.18 Å². The van der Waals surface area contributed by atoms with E-state index in [0.29, 0.717) is 11.6 Å². The molecule has 0 aromatic heterocycles. The van der Waals surface area contributed by atoms with Gasteiger partial charge in [0.05, 0.1) is 16.1 Å². The average molecular weight is 368 g/mol. The Bertz CT molecular complexity index is 850. The highest BCUT2D eigenvalue weighted by Crippen LogP contribution is 2.33. The molecule has 0 atom stereocenters. The molecular weight excluding hydrogens is 358 g/mol. The van der Waals surface area contributed by atoms with Gasteiger partial charge in [-0.1, -0.05) is 17.7 Å². The van der Waals surface area contributed by atoms with E-state index in [9.17, 15) is 26.0 Å². The standard InChI is InChI=1S/C14H10ClF4NO2S/c1-8-2-3-9(15)6-13(8)20-23(21,22)10-4-5-12(16)11(7-10)14(17,18)19/h2-7,20H,1H3. The highest BCUT2D eigenvalue weighted by atomic mass is 35.5. The average Bonchev–Trinajstić information content (AvgIpc) is 2.41. The molecule has 2 rings (SSSR count). The second kappa shape index (κ2) is 6.01. The van der Waals surface area contributed by atoms with E-state index >= 15 is 0 Å². The molecule has 0 heterocycles. The molecule has 2 aromatic carbocycles. The lowest BCUT2D eigenvalue weighted by molar-refractivity contribution is -0.140. The Labute approximate surface area is 134 Å². The summed E-state index contributed by atoms with van der Waals surface area (Å²) >= 11 is 5.76. The number of benzene rings is 2. The maximum Gasteiger partial charge on any atom is 0.419 e. The molecule has 0 radical (unpaired) electrons. The zero-order chi connectivity index (χ0) is 17.4. The van der Waals surface area contributed by atoms with E-state index in [1.165, 1.54) is 12.1 Å². The zero-order valence-corrected chi connectivity index (χ0v) is 13.2. The molecule has 1 N–H and O–H groups in total. The molecule has 0 saturated heterocycles. The lowest BCUT2D eigenvalue weighted by atomic mass is 10.2. The smallest absolute Gasteiger partial charge is 0.279 e. The molecule has 2 aromatic rings. The summed E-state index contributed by atoms with van der Waals surface area (Å²) in [6.45, 7) is 1.60. The van der Waals surface area contributed by atoms with Gasteiger partial charge in [0.1, 0.15) is 5.82 Å². The lowest BCUT2D eigenvalue weighted by Gasteiger charge is -2.13. The third kappa shape index (κ3) is 3.94. The van der Waals surface area contributed by atoms with Crippen molar-refractivity contribution in [1.82, 2.24) is 0 Å². The number of sulfonamides is 1. The van der Waals surface area contributed by atoms with Gasteiger partial charge in [0.15, 0.2) is 0 Å². The largest absolute Gasteiger partial charge is 0.419 e. The van der Waals surface area contributed by atoms with Crippen molar-refractivity contribution in [2.75, 3.05) is 4.72 Å². The predicted molar refractivity (Wildman–Crippen MR) is 78.4 cm³/mol. The first-order valence-corrected chi connectivity index (χ1v) is 8.02. The van der Waals surface area contributed by atoms with E-state index in [1.807, 2.05) is 0 Å². The summed E-state index contributed by atoms with van der Waals surface area (Å²) < 4.78 is 77.9. The Kier molecular flexibility index (Phi) is 4.59. The number of halogens is 5. The van der Waals surface area contributed by atoms with Crippen LogP contribution in [0.25, 0.3) is 0 Å². The van der Waals surface area contributed by atoms with Crippen LogP contribution in [-0.2, 0) is 16.2 Å². The van der Waals surface area contributed by atoms with Gasteiger partial charge in [0.25, 0.3) is 10.0 Å². The quantitative estimate of drug-likeness (QED) is 0.805. The summed E-state index contributed by atoms with van der Waals surface area (Å²) in [5.41, 5.74) is -1.00. The van der Waals surface area contributed by atoms with Gasteiger partial charge in [-0.2, -0.15) is 13.2 Å². The molecule has 124 valence electrons. The second-order valence-corrected chi connectivity index (χ2v) is 6.82. The number of rotatable bonds is 3. The van der Waals surface area contributed by atoms with Gasteiger partial charge in [-0.05, 0) is 42.8 Å². The zero-order valence-electron chi connectivity index (χ0n) is 11.6. The molecule has 0 bridgehead atoms. The van der Waals surface area contributed by atoms with E-state index in [2.05, 4.69) is 4.72 Å². The topological polar surface area (TPSA) is 46.2 Å². The Morgan fingerprint density at radius 2 is 1.74 bits per heavy atom. The van der Waals surface area contributed by atoms with E-state index in [4.69, 9.17) is 11.6 Å². The first-order chi connectivity index (χ1) is 10.5. The van der Waals surface area contributed by atoms with Crippen molar-refractivity contribution in [1.29, 1.82) is 0 Å². The van der Waals surface area contributed by atoms with Crippen LogP contribution in [0.4, 0.5) is 23.2 Å². The third-order valence-corrected chi connectivity index (χ3v) is 4.60. The minimum atomic E-state index is -5.00. The molecule has 0 aliphatic carbocycles. The number of hydrogen-bond donors (Lipinski definition) is 1. The van der Waals surface area contributed by atoms with Gasteiger partial charge in [0.2, 0.25) is 0 Å². The molecule has 0 aliphatic heterocycles. The Balaban J connectivity index is 2.46. The molecular formula is C14H10ClF4NO2S. The molecule has 23 heavy (non-hydrogen) atoms. The Morgan fingerprint density at radius 3 is 2.35 bits per heavy atom. The summed E-state index contributed by atoms with van der Waals surface area (Å²) in [5, 5.41) is 0.253. The van der Waals surface area contributed by atoms with Crippen molar-refractivity contribution in [3.8, 4) is 0 Å². The van der Waals surface area contributed by atoms with Crippen LogP contribution in [0.1, 0.15) is 11.1 Å². The predicted octanol–water partition coefficient (Wildman–Crippen LogP) is 4.61. The van der Waals surface area contributed by atoms with Crippen LogP contribution in [0.3, 0.4) is 0 Å². The molecule has 0 amide bonds. The van der Waals surface area contributed by atoms with Crippen LogP contribution in [0.15, 0.2) is 41.3 Å². The van der Waals surface area contributed by atoms with Crippen LogP contribution >= 0.6 is 11.6 Å². The summed E-state index contributed by atoms with van der Waals surface area (Å²) in [7, 11) is -4.33. The molecule has 0 aliphatic rings. The van der Waals surface area contributed by atoms with Crippen LogP contribution < -0.4 is 4.72 Å². The van der Waals surface area contributed by atoms with Crippen molar-refractivity contribution in [2.45, 2.75) is 18.0 Å². The fraction of sp³-hybridized carbons (Fsp3) is 0.143. The van der Waals surface area contributed by atoms with Crippen molar-refractivity contribution < 1.29 is 26.0 Å². The molecule has 9 heteroatoms. The summed E-state index contributed by atoms with van der Waals surface area (Å²) in [6.07, 6.45) is -5.00. The van der Waals surface area contributed by atoms with Crippen molar-refractivity contribution in [3.05, 3.63) is 58.4 Å². The molecule has 0 fully saturated rings. The fourth-order valence-electron chi connectivity index (χ4n) is 1.80. The molecule has 3 nitrogen and oxygen atoms in total. The SMILES string of the molecule is Cc1ccc(Cl)cc1NS(=O)(=O)c1ccc(F)c(C(F)(F)F)c1. The van der Waals surface area contributed by atoms with Gasteiger partial charge in [0, 0.05) is 5.02 Å². The number of nitrogens with one attached hydrogen (secondary N) is 1.